The van der Waals surface area contributed by atoms with Crippen LogP contribution in [0.15, 0.2) is 18.2 Å². The van der Waals surface area contributed by atoms with Crippen molar-refractivity contribution in [1.29, 1.82) is 0 Å². The number of carbonyl (C=O) groups excluding carboxylic acids is 1. The number of carbonyl (C=O) groups is 1. The van der Waals surface area contributed by atoms with Gasteiger partial charge >= 0.3 is 6.09 Å². The first-order valence-electron chi connectivity index (χ1n) is 7.68. The summed E-state index contributed by atoms with van der Waals surface area (Å²) in [6.07, 6.45) is -0.518. The number of hydrogen-bond donors (Lipinski definition) is 4. The van der Waals surface area contributed by atoms with Crippen LogP contribution in [0.2, 0.25) is 5.15 Å². The monoisotopic (exact) mass is 362 g/mol. The molecule has 9 heteroatoms. The van der Waals surface area contributed by atoms with Crippen LogP contribution in [-0.4, -0.2) is 31.9 Å². The van der Waals surface area contributed by atoms with Crippen LogP contribution in [0, 0.1) is 0 Å². The van der Waals surface area contributed by atoms with Gasteiger partial charge in [-0.3, -0.25) is 5.10 Å². The molecule has 0 aliphatic carbocycles. The van der Waals surface area contributed by atoms with Gasteiger partial charge < -0.3 is 20.8 Å². The van der Waals surface area contributed by atoms with E-state index in [-0.39, 0.29) is 6.54 Å². The van der Waals surface area contributed by atoms with E-state index in [1.54, 1.807) is 20.8 Å². The van der Waals surface area contributed by atoms with Gasteiger partial charge in [0.2, 0.25) is 0 Å². The Morgan fingerprint density at radius 3 is 2.88 bits per heavy atom. The summed E-state index contributed by atoms with van der Waals surface area (Å²) in [4.78, 5) is 19.1. The number of imidazole rings is 1. The number of hydrogen-bond acceptors (Lipinski definition) is 5. The van der Waals surface area contributed by atoms with E-state index < -0.39 is 11.7 Å². The van der Waals surface area contributed by atoms with E-state index in [0.29, 0.717) is 22.5 Å². The number of alkyl carbamates (subject to hydrolysis) is 1. The van der Waals surface area contributed by atoms with Crippen molar-refractivity contribution in [3.05, 3.63) is 29.2 Å². The van der Waals surface area contributed by atoms with Gasteiger partial charge in [0.1, 0.15) is 22.3 Å². The lowest BCUT2D eigenvalue weighted by Gasteiger charge is -2.19. The van der Waals surface area contributed by atoms with Crippen LogP contribution in [0.3, 0.4) is 0 Å². The second-order valence-corrected chi connectivity index (χ2v) is 6.95. The molecule has 0 unspecified atom stereocenters. The van der Waals surface area contributed by atoms with E-state index in [4.69, 9.17) is 22.1 Å². The number of H-pyrrole nitrogens is 2. The number of nitrogens with one attached hydrogen (secondary N) is 3. The zero-order chi connectivity index (χ0) is 18.2. The van der Waals surface area contributed by atoms with Crippen LogP contribution in [-0.2, 0) is 11.3 Å². The lowest BCUT2D eigenvalue weighted by atomic mass is 10.1. The highest BCUT2D eigenvalue weighted by Gasteiger charge is 2.17. The molecule has 8 nitrogen and oxygen atoms in total. The molecule has 3 rings (SSSR count). The Morgan fingerprint density at radius 2 is 2.16 bits per heavy atom. The molecule has 0 spiro atoms. The van der Waals surface area contributed by atoms with Crippen molar-refractivity contribution in [3.63, 3.8) is 0 Å². The van der Waals surface area contributed by atoms with Gasteiger partial charge in [-0.1, -0.05) is 17.7 Å². The SMILES string of the molecule is CC(C)(C)OC(=O)NCc1nc(-c2ccc3c(N)n[nH]c3c2)c(Cl)[nH]1. The molecule has 5 N–H and O–H groups in total. The summed E-state index contributed by atoms with van der Waals surface area (Å²) < 4.78 is 5.18. The Labute approximate surface area is 149 Å². The Hall–Kier alpha value is -2.74. The van der Waals surface area contributed by atoms with Gasteiger partial charge in [-0.25, -0.2) is 9.78 Å². The normalized spacial score (nSPS) is 11.7. The molecule has 0 aliphatic heterocycles. The number of nitrogen functional groups attached to an aromatic ring is 1. The minimum absolute atomic E-state index is 0.174. The zero-order valence-corrected chi connectivity index (χ0v) is 14.9. The van der Waals surface area contributed by atoms with Crippen molar-refractivity contribution in [1.82, 2.24) is 25.5 Å². The number of halogens is 1. The Kier molecular flexibility index (Phi) is 4.30. The fraction of sp³-hybridized carbons (Fsp3) is 0.312. The topological polar surface area (TPSA) is 122 Å². The number of nitrogens with zero attached hydrogens (tertiary/aromatic N) is 2. The molecule has 2 heterocycles. The number of fused-ring (bicyclic) bond motifs is 1. The van der Waals surface area contributed by atoms with Crippen molar-refractivity contribution < 1.29 is 9.53 Å². The molecule has 0 fully saturated rings. The van der Waals surface area contributed by atoms with Crippen LogP contribution in [0.5, 0.6) is 0 Å². The van der Waals surface area contributed by atoms with Gasteiger partial charge in [0.25, 0.3) is 0 Å². The zero-order valence-electron chi connectivity index (χ0n) is 14.1. The molecule has 3 aromatic rings. The van der Waals surface area contributed by atoms with Crippen LogP contribution >= 0.6 is 11.6 Å². The van der Waals surface area contributed by atoms with Crippen molar-refractivity contribution in [3.8, 4) is 11.3 Å². The summed E-state index contributed by atoms with van der Waals surface area (Å²) >= 11 is 6.25. The number of nitrogens with two attached hydrogens (primary N) is 1. The molecule has 1 aromatic carbocycles. The summed E-state index contributed by atoms with van der Waals surface area (Å²) in [6.45, 7) is 5.57. The van der Waals surface area contributed by atoms with Crippen LogP contribution < -0.4 is 11.1 Å². The molecule has 0 saturated heterocycles. The molecule has 2 aromatic heterocycles. The lowest BCUT2D eigenvalue weighted by Crippen LogP contribution is -2.32. The third kappa shape index (κ3) is 3.85. The van der Waals surface area contributed by atoms with E-state index in [1.807, 2.05) is 18.2 Å². The average molecular weight is 363 g/mol. The quantitative estimate of drug-likeness (QED) is 0.570. The molecule has 0 aliphatic rings. The summed E-state index contributed by atoms with van der Waals surface area (Å²) in [5.74, 6) is 0.965. The Bertz CT molecular complexity index is 924. The summed E-state index contributed by atoms with van der Waals surface area (Å²) in [6, 6.07) is 5.58. The molecule has 1 amide bonds. The molecule has 0 saturated carbocycles. The van der Waals surface area contributed by atoms with Crippen molar-refractivity contribution in [2.45, 2.75) is 32.9 Å². The molecule has 132 valence electrons. The minimum atomic E-state index is -0.558. The third-order valence-corrected chi connectivity index (χ3v) is 3.65. The second kappa shape index (κ2) is 6.29. The standard InChI is InChI=1S/C16H19ClN6O2/c1-16(2,3)25-15(24)19-7-11-20-12(13(17)21-11)8-4-5-9-10(6-8)22-23-14(9)18/h4-6H,7H2,1-3H3,(H,19,24)(H,20,21)(H3,18,22,23). The maximum Gasteiger partial charge on any atom is 0.408 e. The Morgan fingerprint density at radius 1 is 1.40 bits per heavy atom. The van der Waals surface area contributed by atoms with Crippen LogP contribution in [0.25, 0.3) is 22.2 Å². The number of benzene rings is 1. The second-order valence-electron chi connectivity index (χ2n) is 6.57. The minimum Gasteiger partial charge on any atom is -0.444 e. The predicted octanol–water partition coefficient (Wildman–Crippen LogP) is 3.21. The molecule has 0 atom stereocenters. The third-order valence-electron chi connectivity index (χ3n) is 3.37. The maximum atomic E-state index is 11.7. The van der Waals surface area contributed by atoms with Gasteiger partial charge in [0.15, 0.2) is 5.82 Å². The van der Waals surface area contributed by atoms with Gasteiger partial charge in [-0.2, -0.15) is 5.10 Å². The van der Waals surface area contributed by atoms with Gasteiger partial charge in [0, 0.05) is 10.9 Å². The number of ether oxygens (including phenoxy) is 1. The fourth-order valence-electron chi connectivity index (χ4n) is 2.33. The van der Waals surface area contributed by atoms with E-state index in [9.17, 15) is 4.79 Å². The van der Waals surface area contributed by atoms with Crippen molar-refractivity contribution >= 4 is 34.4 Å². The van der Waals surface area contributed by atoms with E-state index in [1.165, 1.54) is 0 Å². The fourth-order valence-corrected chi connectivity index (χ4v) is 2.59. The Balaban J connectivity index is 1.76. The van der Waals surface area contributed by atoms with E-state index in [2.05, 4.69) is 25.5 Å². The lowest BCUT2D eigenvalue weighted by molar-refractivity contribution is 0.0522. The number of anilines is 1. The summed E-state index contributed by atoms with van der Waals surface area (Å²) in [5.41, 5.74) is 7.39. The number of aromatic amines is 2. The predicted molar refractivity (Wildman–Crippen MR) is 96.2 cm³/mol. The van der Waals surface area contributed by atoms with Crippen molar-refractivity contribution in [2.75, 3.05) is 5.73 Å². The summed E-state index contributed by atoms with van der Waals surface area (Å²) in [5, 5.41) is 10.7. The van der Waals surface area contributed by atoms with Gasteiger partial charge in [-0.15, -0.1) is 0 Å². The van der Waals surface area contributed by atoms with Crippen LogP contribution in [0.1, 0.15) is 26.6 Å². The summed E-state index contributed by atoms with van der Waals surface area (Å²) in [7, 11) is 0. The van der Waals surface area contributed by atoms with Gasteiger partial charge in [-0.05, 0) is 32.9 Å². The van der Waals surface area contributed by atoms with Crippen LogP contribution in [0.4, 0.5) is 10.6 Å². The number of rotatable bonds is 3. The first kappa shape index (κ1) is 17.1. The van der Waals surface area contributed by atoms with Crippen molar-refractivity contribution in [2.24, 2.45) is 0 Å². The first-order valence-corrected chi connectivity index (χ1v) is 8.06. The van der Waals surface area contributed by atoms with E-state index >= 15 is 0 Å². The molecular weight excluding hydrogens is 344 g/mol. The highest BCUT2D eigenvalue weighted by Crippen LogP contribution is 2.29. The smallest absolute Gasteiger partial charge is 0.408 e. The highest BCUT2D eigenvalue weighted by molar-refractivity contribution is 6.32. The number of aromatic nitrogens is 4. The number of amides is 1. The largest absolute Gasteiger partial charge is 0.444 e. The molecule has 0 radical (unpaired) electrons. The van der Waals surface area contributed by atoms with E-state index in [0.717, 1.165) is 16.5 Å². The van der Waals surface area contributed by atoms with Gasteiger partial charge in [0.05, 0.1) is 12.1 Å². The molecule has 25 heavy (non-hydrogen) atoms. The average Bonchev–Trinajstić information content (AvgIpc) is 3.07. The molecular formula is C16H19ClN6O2. The first-order chi connectivity index (χ1) is 11.7. The maximum absolute atomic E-state index is 11.7. The molecule has 0 bridgehead atoms. The highest BCUT2D eigenvalue weighted by atomic mass is 35.5.